The highest BCUT2D eigenvalue weighted by Gasteiger charge is 2.32. The normalized spacial score (nSPS) is 16.6. The molecule has 2 heterocycles. The number of carbonyl (C=O) groups is 1. The number of ketones is 1. The second-order valence-electron chi connectivity index (χ2n) is 6.83. The second-order valence-corrected chi connectivity index (χ2v) is 8.72. The van der Waals surface area contributed by atoms with Crippen molar-refractivity contribution in [2.75, 3.05) is 11.4 Å². The molecule has 31 heavy (non-hydrogen) atoms. The van der Waals surface area contributed by atoms with Gasteiger partial charge in [0.25, 0.3) is 0 Å². The molecule has 1 aliphatic heterocycles. The average molecular weight is 451 g/mol. The lowest BCUT2D eigenvalue weighted by molar-refractivity contribution is 0.104. The molecule has 1 atom stereocenters. The molecule has 1 aromatic heterocycles. The molecule has 0 fully saturated rings. The maximum atomic E-state index is 13.4. The van der Waals surface area contributed by atoms with E-state index in [2.05, 4.69) is 16.8 Å². The van der Waals surface area contributed by atoms with Crippen LogP contribution in [0.4, 0.5) is 10.1 Å². The SMILES string of the molecule is CN1c2ccc(C#CCc3cccnc3)cc2C(=O)/C(=C\c2ccc(F)c(Cl)c2)S1=O. The monoisotopic (exact) mass is 450 g/mol. The van der Waals surface area contributed by atoms with Gasteiger partial charge in [-0.1, -0.05) is 35.6 Å². The summed E-state index contributed by atoms with van der Waals surface area (Å²) in [5.41, 5.74) is 3.15. The van der Waals surface area contributed by atoms with Gasteiger partial charge in [-0.25, -0.2) is 8.60 Å². The first-order chi connectivity index (χ1) is 14.9. The lowest BCUT2D eigenvalue weighted by atomic mass is 10.0. The van der Waals surface area contributed by atoms with Crippen LogP contribution in [-0.2, 0) is 17.4 Å². The van der Waals surface area contributed by atoms with Crippen LogP contribution in [0.3, 0.4) is 0 Å². The molecule has 0 N–H and O–H groups in total. The van der Waals surface area contributed by atoms with E-state index in [1.807, 2.05) is 12.1 Å². The number of fused-ring (bicyclic) bond motifs is 1. The van der Waals surface area contributed by atoms with Crippen molar-refractivity contribution < 1.29 is 13.4 Å². The third-order valence-corrected chi connectivity index (χ3v) is 6.39. The molecule has 0 amide bonds. The maximum Gasteiger partial charge on any atom is 0.205 e. The first-order valence-electron chi connectivity index (χ1n) is 9.33. The summed E-state index contributed by atoms with van der Waals surface area (Å²) >= 11 is 5.83. The second kappa shape index (κ2) is 8.84. The zero-order valence-electron chi connectivity index (χ0n) is 16.4. The van der Waals surface area contributed by atoms with Gasteiger partial charge in [0.2, 0.25) is 5.78 Å². The van der Waals surface area contributed by atoms with E-state index in [0.717, 1.165) is 5.56 Å². The molecule has 4 rings (SSSR count). The minimum Gasteiger partial charge on any atom is -0.290 e. The third-order valence-electron chi connectivity index (χ3n) is 4.73. The van der Waals surface area contributed by atoms with Crippen molar-refractivity contribution in [2.45, 2.75) is 6.42 Å². The summed E-state index contributed by atoms with van der Waals surface area (Å²) in [6.07, 6.45) is 5.48. The number of halogens is 2. The lowest BCUT2D eigenvalue weighted by Gasteiger charge is -2.27. The number of rotatable bonds is 2. The van der Waals surface area contributed by atoms with Crippen molar-refractivity contribution >= 4 is 40.1 Å². The van der Waals surface area contributed by atoms with Crippen LogP contribution >= 0.6 is 11.6 Å². The van der Waals surface area contributed by atoms with Gasteiger partial charge in [-0.15, -0.1) is 0 Å². The van der Waals surface area contributed by atoms with Gasteiger partial charge >= 0.3 is 0 Å². The molecule has 0 radical (unpaired) electrons. The van der Waals surface area contributed by atoms with Crippen LogP contribution in [0.15, 0.2) is 65.8 Å². The molecule has 1 aliphatic rings. The van der Waals surface area contributed by atoms with E-state index in [1.165, 1.54) is 28.6 Å². The van der Waals surface area contributed by atoms with Crippen molar-refractivity contribution in [1.82, 2.24) is 4.98 Å². The number of allylic oxidation sites excluding steroid dienone is 1. The van der Waals surface area contributed by atoms with Gasteiger partial charge in [-0.05, 0) is 53.6 Å². The molecule has 4 nitrogen and oxygen atoms in total. The van der Waals surface area contributed by atoms with Gasteiger partial charge < -0.3 is 0 Å². The summed E-state index contributed by atoms with van der Waals surface area (Å²) in [6, 6.07) is 13.1. The van der Waals surface area contributed by atoms with Crippen molar-refractivity contribution in [3.8, 4) is 11.8 Å². The molecule has 0 bridgehead atoms. The van der Waals surface area contributed by atoms with Crippen molar-refractivity contribution in [1.29, 1.82) is 0 Å². The number of benzene rings is 2. The predicted octanol–water partition coefficient (Wildman–Crippen LogP) is 4.81. The Morgan fingerprint density at radius 2 is 2.06 bits per heavy atom. The van der Waals surface area contributed by atoms with Crippen LogP contribution < -0.4 is 4.31 Å². The Morgan fingerprint density at radius 3 is 2.81 bits per heavy atom. The largest absolute Gasteiger partial charge is 0.290 e. The van der Waals surface area contributed by atoms with Crippen molar-refractivity contribution in [2.24, 2.45) is 0 Å². The van der Waals surface area contributed by atoms with Gasteiger partial charge in [0.15, 0.2) is 11.0 Å². The number of pyridine rings is 1. The predicted molar refractivity (Wildman–Crippen MR) is 122 cm³/mol. The standard InChI is InChI=1S/C24H16ClFN2O2S/c1-28-22-10-8-16(4-2-5-17-6-3-11-27-15-17)12-19(22)24(29)23(31(28)30)14-18-7-9-21(26)20(25)13-18/h3,6-15H,5H2,1H3/b23-14+. The molecular weight excluding hydrogens is 435 g/mol. The van der Waals surface area contributed by atoms with E-state index >= 15 is 0 Å². The van der Waals surface area contributed by atoms with E-state index in [-0.39, 0.29) is 15.7 Å². The highest BCUT2D eigenvalue weighted by atomic mass is 35.5. The summed E-state index contributed by atoms with van der Waals surface area (Å²) in [5, 5.41) is -0.0664. The van der Waals surface area contributed by atoms with E-state index in [0.29, 0.717) is 28.8 Å². The van der Waals surface area contributed by atoms with Crippen LogP contribution in [0.25, 0.3) is 6.08 Å². The summed E-state index contributed by atoms with van der Waals surface area (Å²) in [7, 11) is -0.0451. The Hall–Kier alpha value is -3.27. The van der Waals surface area contributed by atoms with Crippen LogP contribution in [0.5, 0.6) is 0 Å². The molecule has 154 valence electrons. The van der Waals surface area contributed by atoms with E-state index in [4.69, 9.17) is 11.6 Å². The van der Waals surface area contributed by atoms with Crippen molar-refractivity contribution in [3.05, 3.63) is 98.9 Å². The first-order valence-corrected chi connectivity index (χ1v) is 10.8. The van der Waals surface area contributed by atoms with E-state index in [9.17, 15) is 13.4 Å². The molecule has 7 heteroatoms. The fourth-order valence-corrected chi connectivity index (χ4v) is 4.47. The smallest absolute Gasteiger partial charge is 0.205 e. The van der Waals surface area contributed by atoms with E-state index in [1.54, 1.807) is 37.6 Å². The Bertz CT molecular complexity index is 1300. The fraction of sp³-hybridized carbons (Fsp3) is 0.0833. The van der Waals surface area contributed by atoms with Crippen LogP contribution in [0, 0.1) is 17.7 Å². The van der Waals surface area contributed by atoms with Gasteiger partial charge in [-0.2, -0.15) is 0 Å². The molecule has 3 aromatic rings. The Labute approximate surface area is 187 Å². The molecule has 0 aliphatic carbocycles. The average Bonchev–Trinajstić information content (AvgIpc) is 2.78. The molecule has 0 saturated heterocycles. The summed E-state index contributed by atoms with van der Waals surface area (Å²) in [6.45, 7) is 0. The third kappa shape index (κ3) is 4.43. The highest BCUT2D eigenvalue weighted by Crippen LogP contribution is 2.33. The molecular formula is C24H16ClFN2O2S. The van der Waals surface area contributed by atoms with Crippen LogP contribution in [-0.4, -0.2) is 22.0 Å². The molecule has 0 saturated carbocycles. The number of hydrogen-bond acceptors (Lipinski definition) is 3. The van der Waals surface area contributed by atoms with Gasteiger partial charge in [0.05, 0.1) is 10.7 Å². The number of anilines is 1. The van der Waals surface area contributed by atoms with Gasteiger partial charge in [-0.3, -0.25) is 14.1 Å². The number of Topliss-reactive ketones (excluding diaryl/α,β-unsaturated/α-hetero) is 1. The first kappa shape index (κ1) is 21.0. The summed E-state index contributed by atoms with van der Waals surface area (Å²) in [5.74, 6) is 5.23. The zero-order valence-corrected chi connectivity index (χ0v) is 18.0. The fourth-order valence-electron chi connectivity index (χ4n) is 3.14. The Morgan fingerprint density at radius 1 is 1.23 bits per heavy atom. The highest BCUT2D eigenvalue weighted by molar-refractivity contribution is 7.91. The quantitative estimate of drug-likeness (QED) is 0.416. The summed E-state index contributed by atoms with van der Waals surface area (Å²) < 4.78 is 27.8. The van der Waals surface area contributed by atoms with Crippen LogP contribution in [0.2, 0.25) is 5.02 Å². The summed E-state index contributed by atoms with van der Waals surface area (Å²) in [4.78, 5) is 17.3. The minimum absolute atomic E-state index is 0.0664. The number of aromatic nitrogens is 1. The Kier molecular flexibility index (Phi) is 5.99. The topological polar surface area (TPSA) is 50.3 Å². The molecule has 2 aromatic carbocycles. The zero-order chi connectivity index (χ0) is 22.0. The lowest BCUT2D eigenvalue weighted by Crippen LogP contribution is -2.31. The van der Waals surface area contributed by atoms with Crippen molar-refractivity contribution in [3.63, 3.8) is 0 Å². The minimum atomic E-state index is -1.70. The molecule has 0 spiro atoms. The van der Waals surface area contributed by atoms with Gasteiger partial charge in [0.1, 0.15) is 10.7 Å². The number of hydrogen-bond donors (Lipinski definition) is 0. The van der Waals surface area contributed by atoms with Gasteiger partial charge in [0, 0.05) is 37.0 Å². The Balaban J connectivity index is 1.67. The number of nitrogens with zero attached hydrogens (tertiary/aromatic N) is 2. The molecule has 1 unspecified atom stereocenters. The van der Waals surface area contributed by atoms with Crippen LogP contribution in [0.1, 0.15) is 27.0 Å². The maximum absolute atomic E-state index is 13.4. The number of carbonyl (C=O) groups excluding carboxylic acids is 1. The van der Waals surface area contributed by atoms with E-state index < -0.39 is 16.8 Å².